The summed E-state index contributed by atoms with van der Waals surface area (Å²) in [5, 5.41) is 0. The first kappa shape index (κ1) is 11.0. The maximum absolute atomic E-state index is 5.67. The number of nitrogens with two attached hydrogens (primary N) is 1. The lowest BCUT2D eigenvalue weighted by Crippen LogP contribution is -1.95. The van der Waals surface area contributed by atoms with E-state index in [1.165, 1.54) is 5.57 Å². The molecule has 0 bridgehead atoms. The molecule has 0 heterocycles. The van der Waals surface area contributed by atoms with Crippen LogP contribution in [0.15, 0.2) is 35.6 Å². The van der Waals surface area contributed by atoms with Gasteiger partial charge in [-0.1, -0.05) is 38.2 Å². The molecule has 12 heavy (non-hydrogen) atoms. The molecule has 0 atom stereocenters. The highest BCUT2D eigenvalue weighted by atomic mass is 14.6. The monoisotopic (exact) mass is 165 g/mol. The Kier molecular flexibility index (Phi) is 6.16. The van der Waals surface area contributed by atoms with Gasteiger partial charge in [0.2, 0.25) is 0 Å². The maximum Gasteiger partial charge on any atom is 0.00813 e. The van der Waals surface area contributed by atoms with E-state index in [9.17, 15) is 0 Å². The molecule has 2 N–H and O–H groups in total. The van der Waals surface area contributed by atoms with Crippen LogP contribution >= 0.6 is 0 Å². The van der Waals surface area contributed by atoms with E-state index in [1.807, 2.05) is 13.0 Å². The van der Waals surface area contributed by atoms with Crippen LogP contribution in [0.4, 0.5) is 0 Å². The summed E-state index contributed by atoms with van der Waals surface area (Å²) in [5.41, 5.74) is 7.80. The second kappa shape index (κ2) is 6.71. The number of hydrogen-bond donors (Lipinski definition) is 1. The summed E-state index contributed by atoms with van der Waals surface area (Å²) >= 11 is 0. The molecule has 0 unspecified atom stereocenters. The molecule has 0 radical (unpaired) electrons. The van der Waals surface area contributed by atoms with Gasteiger partial charge in [-0.25, -0.2) is 0 Å². The van der Waals surface area contributed by atoms with Gasteiger partial charge >= 0.3 is 0 Å². The Labute approximate surface area is 75.7 Å². The highest BCUT2D eigenvalue weighted by Crippen LogP contribution is 2.05. The Bertz CT molecular complexity index is 193. The molecule has 0 fully saturated rings. The van der Waals surface area contributed by atoms with Crippen molar-refractivity contribution in [2.45, 2.75) is 33.6 Å². The van der Waals surface area contributed by atoms with E-state index in [4.69, 9.17) is 5.73 Å². The molecular weight excluding hydrogens is 146 g/mol. The summed E-state index contributed by atoms with van der Waals surface area (Å²) in [4.78, 5) is 0. The Morgan fingerprint density at radius 1 is 1.25 bits per heavy atom. The minimum atomic E-state index is 0.915. The van der Waals surface area contributed by atoms with Gasteiger partial charge in [-0.3, -0.25) is 0 Å². The first-order valence-corrected chi connectivity index (χ1v) is 4.50. The van der Waals surface area contributed by atoms with Crippen LogP contribution in [0.25, 0.3) is 0 Å². The van der Waals surface area contributed by atoms with Crippen LogP contribution in [0.3, 0.4) is 0 Å². The van der Waals surface area contributed by atoms with Crippen molar-refractivity contribution in [3.05, 3.63) is 35.6 Å². The van der Waals surface area contributed by atoms with Crippen LogP contribution < -0.4 is 5.73 Å². The summed E-state index contributed by atoms with van der Waals surface area (Å²) in [6.45, 7) is 6.17. The molecule has 0 amide bonds. The average molecular weight is 165 g/mol. The normalized spacial score (nSPS) is 14.2. The van der Waals surface area contributed by atoms with Crippen molar-refractivity contribution in [3.8, 4) is 0 Å². The fourth-order valence-corrected chi connectivity index (χ4v) is 0.914. The highest BCUT2D eigenvalue weighted by Gasteiger charge is 1.89. The van der Waals surface area contributed by atoms with Crippen molar-refractivity contribution in [1.82, 2.24) is 0 Å². The average Bonchev–Trinajstić information content (AvgIpc) is 2.04. The molecule has 68 valence electrons. The fraction of sp³-hybridized carbons (Fsp3) is 0.455. The second-order valence-electron chi connectivity index (χ2n) is 2.76. The van der Waals surface area contributed by atoms with Crippen molar-refractivity contribution < 1.29 is 0 Å². The van der Waals surface area contributed by atoms with Gasteiger partial charge in [0.1, 0.15) is 0 Å². The summed E-state index contributed by atoms with van der Waals surface area (Å²) in [6.07, 6.45) is 10.4. The van der Waals surface area contributed by atoms with Gasteiger partial charge in [-0.2, -0.15) is 0 Å². The van der Waals surface area contributed by atoms with Gasteiger partial charge in [0.05, 0.1) is 0 Å². The van der Waals surface area contributed by atoms with Gasteiger partial charge in [-0.05, 0) is 25.3 Å². The Balaban J connectivity index is 4.13. The molecule has 1 nitrogen and oxygen atoms in total. The van der Waals surface area contributed by atoms with Gasteiger partial charge in [0, 0.05) is 5.70 Å². The van der Waals surface area contributed by atoms with Crippen LogP contribution in [0.2, 0.25) is 0 Å². The second-order valence-corrected chi connectivity index (χ2v) is 2.76. The molecule has 0 aromatic rings. The molecule has 0 spiro atoms. The molecule has 0 rings (SSSR count). The third-order valence-electron chi connectivity index (χ3n) is 1.67. The predicted octanol–water partition coefficient (Wildman–Crippen LogP) is 3.15. The molecule has 0 saturated carbocycles. The Hall–Kier alpha value is -0.980. The SMILES string of the molecule is CC/C=C/C=C\C(CC)=C(/C)N. The third-order valence-corrected chi connectivity index (χ3v) is 1.67. The first-order valence-electron chi connectivity index (χ1n) is 4.50. The van der Waals surface area contributed by atoms with E-state index in [1.54, 1.807) is 0 Å². The summed E-state index contributed by atoms with van der Waals surface area (Å²) in [5.74, 6) is 0. The molecule has 1 heteroatoms. The van der Waals surface area contributed by atoms with Gasteiger partial charge < -0.3 is 5.73 Å². The maximum atomic E-state index is 5.67. The van der Waals surface area contributed by atoms with Crippen LogP contribution in [0.5, 0.6) is 0 Å². The summed E-state index contributed by atoms with van der Waals surface area (Å²) in [6, 6.07) is 0. The zero-order valence-corrected chi connectivity index (χ0v) is 8.30. The highest BCUT2D eigenvalue weighted by molar-refractivity contribution is 5.25. The van der Waals surface area contributed by atoms with Crippen molar-refractivity contribution >= 4 is 0 Å². The lowest BCUT2D eigenvalue weighted by molar-refractivity contribution is 1.08. The molecule has 0 aliphatic heterocycles. The molecule has 0 aromatic heterocycles. The van der Waals surface area contributed by atoms with Crippen LogP contribution in [-0.4, -0.2) is 0 Å². The number of hydrogen-bond acceptors (Lipinski definition) is 1. The molecule has 0 aliphatic rings. The Morgan fingerprint density at radius 2 is 1.92 bits per heavy atom. The van der Waals surface area contributed by atoms with Gasteiger partial charge in [-0.15, -0.1) is 0 Å². The molecular formula is C11H19N. The van der Waals surface area contributed by atoms with Crippen LogP contribution in [0, 0.1) is 0 Å². The smallest absolute Gasteiger partial charge is 0.00813 e. The zero-order valence-electron chi connectivity index (χ0n) is 8.30. The minimum absolute atomic E-state index is 0.915. The topological polar surface area (TPSA) is 26.0 Å². The Morgan fingerprint density at radius 3 is 2.33 bits per heavy atom. The van der Waals surface area contributed by atoms with Crippen molar-refractivity contribution in [3.63, 3.8) is 0 Å². The fourth-order valence-electron chi connectivity index (χ4n) is 0.914. The zero-order chi connectivity index (χ0) is 9.40. The standard InChI is InChI=1S/C11H19N/c1-4-6-7-8-9-11(5-2)10(3)12/h6-9H,4-5,12H2,1-3H3/b7-6+,9-8-,11-10+. The summed E-state index contributed by atoms with van der Waals surface area (Å²) < 4.78 is 0. The van der Waals surface area contributed by atoms with E-state index in [0.717, 1.165) is 18.5 Å². The van der Waals surface area contributed by atoms with Crippen molar-refractivity contribution in [1.29, 1.82) is 0 Å². The van der Waals surface area contributed by atoms with E-state index in [-0.39, 0.29) is 0 Å². The lowest BCUT2D eigenvalue weighted by atomic mass is 10.1. The molecule has 0 aromatic carbocycles. The van der Waals surface area contributed by atoms with Gasteiger partial charge in [0.25, 0.3) is 0 Å². The lowest BCUT2D eigenvalue weighted by Gasteiger charge is -1.98. The van der Waals surface area contributed by atoms with E-state index < -0.39 is 0 Å². The third kappa shape index (κ3) is 4.78. The minimum Gasteiger partial charge on any atom is -0.402 e. The predicted molar refractivity (Wildman–Crippen MR) is 55.7 cm³/mol. The molecule has 0 saturated heterocycles. The quantitative estimate of drug-likeness (QED) is 0.636. The largest absolute Gasteiger partial charge is 0.402 e. The van der Waals surface area contributed by atoms with E-state index >= 15 is 0 Å². The van der Waals surface area contributed by atoms with E-state index in [2.05, 4.69) is 32.1 Å². The summed E-state index contributed by atoms with van der Waals surface area (Å²) in [7, 11) is 0. The van der Waals surface area contributed by atoms with E-state index in [0.29, 0.717) is 0 Å². The van der Waals surface area contributed by atoms with Gasteiger partial charge in [0.15, 0.2) is 0 Å². The number of allylic oxidation sites excluding steroid dienone is 6. The van der Waals surface area contributed by atoms with Crippen molar-refractivity contribution in [2.24, 2.45) is 5.73 Å². The molecule has 0 aliphatic carbocycles. The number of rotatable bonds is 4. The first-order chi connectivity index (χ1) is 5.72. The van der Waals surface area contributed by atoms with Crippen molar-refractivity contribution in [2.75, 3.05) is 0 Å². The van der Waals surface area contributed by atoms with Crippen LogP contribution in [0.1, 0.15) is 33.6 Å². The van der Waals surface area contributed by atoms with Crippen LogP contribution in [-0.2, 0) is 0 Å².